The SMILES string of the molecule is O=C(NC[C@H]1CCCO1)C(Cl)(Cl)Cl. The van der Waals surface area contributed by atoms with Gasteiger partial charge in [0.05, 0.1) is 6.10 Å². The Kier molecular flexibility index (Phi) is 4.10. The van der Waals surface area contributed by atoms with Crippen molar-refractivity contribution in [2.24, 2.45) is 0 Å². The minimum atomic E-state index is -1.88. The highest BCUT2D eigenvalue weighted by molar-refractivity contribution is 6.76. The van der Waals surface area contributed by atoms with Crippen molar-refractivity contribution in [1.82, 2.24) is 5.32 Å². The van der Waals surface area contributed by atoms with E-state index in [-0.39, 0.29) is 6.10 Å². The normalized spacial score (nSPS) is 23.2. The molecule has 0 radical (unpaired) electrons. The summed E-state index contributed by atoms with van der Waals surface area (Å²) >= 11 is 16.0. The molecule has 1 N–H and O–H groups in total. The Hall–Kier alpha value is 0.300. The maximum Gasteiger partial charge on any atom is 0.272 e. The van der Waals surface area contributed by atoms with E-state index in [1.54, 1.807) is 0 Å². The lowest BCUT2D eigenvalue weighted by Crippen LogP contribution is -2.39. The van der Waals surface area contributed by atoms with E-state index >= 15 is 0 Å². The number of rotatable bonds is 2. The monoisotopic (exact) mass is 245 g/mol. The van der Waals surface area contributed by atoms with E-state index in [4.69, 9.17) is 39.5 Å². The van der Waals surface area contributed by atoms with Gasteiger partial charge >= 0.3 is 0 Å². The number of carbonyl (C=O) groups is 1. The molecule has 0 saturated carbocycles. The van der Waals surface area contributed by atoms with E-state index in [1.807, 2.05) is 0 Å². The summed E-state index contributed by atoms with van der Waals surface area (Å²) < 4.78 is 3.40. The van der Waals surface area contributed by atoms with Crippen LogP contribution in [0.1, 0.15) is 12.8 Å². The summed E-state index contributed by atoms with van der Waals surface area (Å²) in [5.41, 5.74) is 0. The molecule has 1 rings (SSSR count). The molecular formula is C7H10Cl3NO2. The molecular weight excluding hydrogens is 236 g/mol. The summed E-state index contributed by atoms with van der Waals surface area (Å²) in [5, 5.41) is 2.50. The van der Waals surface area contributed by atoms with Gasteiger partial charge in [-0.3, -0.25) is 4.79 Å². The maximum atomic E-state index is 11.1. The Balaban J connectivity index is 2.22. The fourth-order valence-electron chi connectivity index (χ4n) is 1.11. The van der Waals surface area contributed by atoms with Crippen LogP contribution < -0.4 is 5.32 Å². The molecule has 1 saturated heterocycles. The molecule has 0 bridgehead atoms. The second-order valence-electron chi connectivity index (χ2n) is 2.84. The van der Waals surface area contributed by atoms with Gasteiger partial charge in [-0.05, 0) is 12.8 Å². The smallest absolute Gasteiger partial charge is 0.272 e. The van der Waals surface area contributed by atoms with E-state index in [9.17, 15) is 4.79 Å². The number of hydrogen-bond acceptors (Lipinski definition) is 2. The van der Waals surface area contributed by atoms with Crippen LogP contribution >= 0.6 is 34.8 Å². The van der Waals surface area contributed by atoms with Gasteiger partial charge in [-0.25, -0.2) is 0 Å². The Labute approximate surface area is 91.7 Å². The zero-order chi connectivity index (χ0) is 9.90. The van der Waals surface area contributed by atoms with Crippen LogP contribution in [-0.4, -0.2) is 29.0 Å². The number of alkyl halides is 3. The first-order chi connectivity index (χ1) is 6.00. The van der Waals surface area contributed by atoms with Gasteiger partial charge in [0, 0.05) is 13.2 Å². The van der Waals surface area contributed by atoms with Crippen LogP contribution in [0.15, 0.2) is 0 Å². The van der Waals surface area contributed by atoms with Crippen molar-refractivity contribution in [2.75, 3.05) is 13.2 Å². The third-order valence-corrected chi connectivity index (χ3v) is 2.29. The number of amides is 1. The van der Waals surface area contributed by atoms with Gasteiger partial charge in [0.25, 0.3) is 9.70 Å². The summed E-state index contributed by atoms with van der Waals surface area (Å²) in [7, 11) is 0. The van der Waals surface area contributed by atoms with Crippen LogP contribution in [0.5, 0.6) is 0 Å². The van der Waals surface area contributed by atoms with Gasteiger partial charge in [-0.2, -0.15) is 0 Å². The largest absolute Gasteiger partial charge is 0.376 e. The molecule has 1 aliphatic rings. The fraction of sp³-hybridized carbons (Fsp3) is 0.857. The topological polar surface area (TPSA) is 38.3 Å². The lowest BCUT2D eigenvalue weighted by atomic mass is 10.2. The highest BCUT2D eigenvalue weighted by Gasteiger charge is 2.31. The molecule has 0 aliphatic carbocycles. The molecule has 6 heteroatoms. The van der Waals surface area contributed by atoms with E-state index in [1.165, 1.54) is 0 Å². The third-order valence-electron chi connectivity index (χ3n) is 1.77. The molecule has 0 spiro atoms. The molecule has 1 amide bonds. The van der Waals surface area contributed by atoms with E-state index in [0.717, 1.165) is 19.4 Å². The maximum absolute atomic E-state index is 11.1. The molecule has 1 atom stereocenters. The highest BCUT2D eigenvalue weighted by Crippen LogP contribution is 2.25. The molecule has 0 aromatic heterocycles. The molecule has 1 heterocycles. The zero-order valence-corrected chi connectivity index (χ0v) is 9.12. The number of ether oxygens (including phenoxy) is 1. The van der Waals surface area contributed by atoms with Gasteiger partial charge < -0.3 is 10.1 Å². The molecule has 1 fully saturated rings. The summed E-state index contributed by atoms with van der Waals surface area (Å²) in [5.74, 6) is -0.604. The van der Waals surface area contributed by atoms with Crippen molar-refractivity contribution in [3.8, 4) is 0 Å². The average Bonchev–Trinajstić information content (AvgIpc) is 2.50. The Bertz CT molecular complexity index is 187. The van der Waals surface area contributed by atoms with Gasteiger partial charge in [-0.1, -0.05) is 34.8 Å². The lowest BCUT2D eigenvalue weighted by molar-refractivity contribution is -0.120. The molecule has 1 aliphatic heterocycles. The molecule has 0 aromatic carbocycles. The second kappa shape index (κ2) is 4.69. The summed E-state index contributed by atoms with van der Waals surface area (Å²) in [4.78, 5) is 11.1. The van der Waals surface area contributed by atoms with Crippen LogP contribution in [0.4, 0.5) is 0 Å². The first-order valence-electron chi connectivity index (χ1n) is 3.97. The van der Waals surface area contributed by atoms with E-state index < -0.39 is 9.70 Å². The quantitative estimate of drug-likeness (QED) is 0.753. The highest BCUT2D eigenvalue weighted by atomic mass is 35.6. The molecule has 76 valence electrons. The Morgan fingerprint density at radius 2 is 2.23 bits per heavy atom. The van der Waals surface area contributed by atoms with Crippen LogP contribution in [0.2, 0.25) is 0 Å². The summed E-state index contributed by atoms with van der Waals surface area (Å²) in [6.45, 7) is 1.15. The standard InChI is InChI=1S/C7H10Cl3NO2/c8-7(9,10)6(12)11-4-5-2-1-3-13-5/h5H,1-4H2,(H,11,12)/t5-/m1/s1. The van der Waals surface area contributed by atoms with Crippen molar-refractivity contribution >= 4 is 40.7 Å². The first-order valence-corrected chi connectivity index (χ1v) is 5.10. The van der Waals surface area contributed by atoms with Crippen molar-refractivity contribution in [3.63, 3.8) is 0 Å². The van der Waals surface area contributed by atoms with Crippen molar-refractivity contribution in [2.45, 2.75) is 22.7 Å². The first kappa shape index (κ1) is 11.4. The van der Waals surface area contributed by atoms with Crippen LogP contribution in [0.3, 0.4) is 0 Å². The van der Waals surface area contributed by atoms with E-state index in [2.05, 4.69) is 5.32 Å². The minimum Gasteiger partial charge on any atom is -0.376 e. The third kappa shape index (κ3) is 3.90. The van der Waals surface area contributed by atoms with Crippen molar-refractivity contribution < 1.29 is 9.53 Å². The van der Waals surface area contributed by atoms with Gasteiger partial charge in [0.1, 0.15) is 0 Å². The fourth-order valence-corrected chi connectivity index (χ4v) is 1.31. The van der Waals surface area contributed by atoms with Crippen LogP contribution in [0, 0.1) is 0 Å². The van der Waals surface area contributed by atoms with Gasteiger partial charge in [0.15, 0.2) is 0 Å². The van der Waals surface area contributed by atoms with Crippen LogP contribution in [0.25, 0.3) is 0 Å². The van der Waals surface area contributed by atoms with Crippen LogP contribution in [-0.2, 0) is 9.53 Å². The molecule has 0 unspecified atom stereocenters. The molecule has 13 heavy (non-hydrogen) atoms. The number of nitrogens with one attached hydrogen (secondary N) is 1. The van der Waals surface area contributed by atoms with Crippen molar-refractivity contribution in [1.29, 1.82) is 0 Å². The Morgan fingerprint density at radius 3 is 2.69 bits per heavy atom. The predicted molar refractivity (Wildman–Crippen MR) is 52.3 cm³/mol. The summed E-state index contributed by atoms with van der Waals surface area (Å²) in [6.07, 6.45) is 2.03. The van der Waals surface area contributed by atoms with Gasteiger partial charge in [0.2, 0.25) is 0 Å². The molecule has 3 nitrogen and oxygen atoms in total. The zero-order valence-electron chi connectivity index (χ0n) is 6.86. The second-order valence-corrected chi connectivity index (χ2v) is 5.12. The Morgan fingerprint density at radius 1 is 1.54 bits per heavy atom. The average molecular weight is 247 g/mol. The predicted octanol–water partition coefficient (Wildman–Crippen LogP) is 1.65. The number of carbonyl (C=O) groups excluding carboxylic acids is 1. The minimum absolute atomic E-state index is 0.0660. The van der Waals surface area contributed by atoms with Gasteiger partial charge in [-0.15, -0.1) is 0 Å². The lowest BCUT2D eigenvalue weighted by Gasteiger charge is -2.14. The number of halogens is 3. The molecule has 0 aromatic rings. The van der Waals surface area contributed by atoms with Crippen molar-refractivity contribution in [3.05, 3.63) is 0 Å². The summed E-state index contributed by atoms with van der Waals surface area (Å²) in [6, 6.07) is 0. The number of hydrogen-bond donors (Lipinski definition) is 1. The van der Waals surface area contributed by atoms with E-state index in [0.29, 0.717) is 6.54 Å².